The lowest BCUT2D eigenvalue weighted by atomic mass is 9.77. The van der Waals surface area contributed by atoms with Gasteiger partial charge in [0.05, 0.1) is 12.9 Å². The van der Waals surface area contributed by atoms with Gasteiger partial charge in [0, 0.05) is 16.8 Å². The minimum absolute atomic E-state index is 0.0984. The summed E-state index contributed by atoms with van der Waals surface area (Å²) in [6.07, 6.45) is 1.69. The van der Waals surface area contributed by atoms with Gasteiger partial charge in [-0.05, 0) is 31.7 Å². The molecule has 3 nitrogen and oxygen atoms in total. The van der Waals surface area contributed by atoms with Gasteiger partial charge in [-0.1, -0.05) is 19.1 Å². The van der Waals surface area contributed by atoms with Crippen molar-refractivity contribution in [3.05, 3.63) is 36.1 Å². The van der Waals surface area contributed by atoms with Crippen LogP contribution in [-0.4, -0.2) is 24.8 Å². The number of hydrogen-bond donors (Lipinski definition) is 2. The normalized spacial score (nSPS) is 16.9. The van der Waals surface area contributed by atoms with Crippen LogP contribution in [0, 0.1) is 0 Å². The highest BCUT2D eigenvalue weighted by molar-refractivity contribution is 5.78. The summed E-state index contributed by atoms with van der Waals surface area (Å²) in [5.41, 5.74) is 1.64. The molecule has 1 aromatic heterocycles. The average molecular weight is 233 g/mol. The van der Waals surface area contributed by atoms with Crippen molar-refractivity contribution in [2.75, 3.05) is 13.7 Å². The first-order chi connectivity index (χ1) is 8.11. The van der Waals surface area contributed by atoms with Gasteiger partial charge in [0.1, 0.15) is 5.58 Å². The van der Waals surface area contributed by atoms with Crippen molar-refractivity contribution in [2.24, 2.45) is 0 Å². The molecule has 1 aromatic carbocycles. The van der Waals surface area contributed by atoms with E-state index in [1.54, 1.807) is 6.26 Å². The van der Waals surface area contributed by atoms with Gasteiger partial charge >= 0.3 is 0 Å². The molecular formula is C14H19NO2. The molecule has 0 amide bonds. The lowest BCUT2D eigenvalue weighted by Crippen LogP contribution is -2.45. The Balaban J connectivity index is 2.48. The second-order valence-electron chi connectivity index (χ2n) is 4.76. The monoisotopic (exact) mass is 233 g/mol. The minimum Gasteiger partial charge on any atom is -0.464 e. The number of aliphatic hydroxyl groups is 1. The first-order valence-corrected chi connectivity index (χ1v) is 5.87. The Kier molecular flexibility index (Phi) is 3.22. The van der Waals surface area contributed by atoms with Crippen LogP contribution in [0.4, 0.5) is 0 Å². The molecule has 3 heteroatoms. The third-order valence-electron chi connectivity index (χ3n) is 3.83. The van der Waals surface area contributed by atoms with Crippen molar-refractivity contribution >= 4 is 11.0 Å². The highest BCUT2D eigenvalue weighted by atomic mass is 16.3. The number of rotatable bonds is 4. The average Bonchev–Trinajstić information content (AvgIpc) is 2.83. The second-order valence-corrected chi connectivity index (χ2v) is 4.76. The molecule has 2 N–H and O–H groups in total. The fourth-order valence-corrected chi connectivity index (χ4v) is 2.11. The van der Waals surface area contributed by atoms with E-state index in [0.29, 0.717) is 0 Å². The van der Waals surface area contributed by atoms with Crippen LogP contribution in [-0.2, 0) is 5.41 Å². The molecular weight excluding hydrogens is 214 g/mol. The van der Waals surface area contributed by atoms with E-state index in [0.717, 1.165) is 16.5 Å². The molecule has 17 heavy (non-hydrogen) atoms. The molecule has 0 bridgehead atoms. The first kappa shape index (κ1) is 12.1. The Morgan fingerprint density at radius 3 is 2.82 bits per heavy atom. The fourth-order valence-electron chi connectivity index (χ4n) is 2.11. The third-order valence-corrected chi connectivity index (χ3v) is 3.83. The van der Waals surface area contributed by atoms with Crippen LogP contribution < -0.4 is 5.32 Å². The zero-order valence-corrected chi connectivity index (χ0v) is 10.5. The Morgan fingerprint density at radius 1 is 1.41 bits per heavy atom. The summed E-state index contributed by atoms with van der Waals surface area (Å²) in [4.78, 5) is 0. The van der Waals surface area contributed by atoms with E-state index in [2.05, 4.69) is 25.2 Å². The molecule has 0 radical (unpaired) electrons. The molecule has 0 aliphatic carbocycles. The van der Waals surface area contributed by atoms with Gasteiger partial charge < -0.3 is 14.8 Å². The van der Waals surface area contributed by atoms with E-state index < -0.39 is 0 Å². The zero-order chi connectivity index (χ0) is 12.5. The van der Waals surface area contributed by atoms with Gasteiger partial charge in [0.25, 0.3) is 0 Å². The quantitative estimate of drug-likeness (QED) is 0.851. The van der Waals surface area contributed by atoms with Gasteiger partial charge in [0.2, 0.25) is 0 Å². The van der Waals surface area contributed by atoms with Crippen molar-refractivity contribution in [1.29, 1.82) is 0 Å². The van der Waals surface area contributed by atoms with Crippen molar-refractivity contribution in [3.63, 3.8) is 0 Å². The Bertz CT molecular complexity index is 506. The summed E-state index contributed by atoms with van der Waals surface area (Å²) in [5, 5.41) is 14.0. The lowest BCUT2D eigenvalue weighted by Gasteiger charge is -2.34. The van der Waals surface area contributed by atoms with E-state index >= 15 is 0 Å². The van der Waals surface area contributed by atoms with Gasteiger partial charge in [-0.3, -0.25) is 0 Å². The number of benzene rings is 1. The molecule has 2 aromatic rings. The third kappa shape index (κ3) is 1.96. The number of aliphatic hydroxyl groups excluding tert-OH is 1. The summed E-state index contributed by atoms with van der Waals surface area (Å²) >= 11 is 0. The topological polar surface area (TPSA) is 45.4 Å². The number of likely N-dealkylation sites (N-methyl/N-ethyl adjacent to an activating group) is 1. The maximum absolute atomic E-state index is 9.69. The molecule has 0 fully saturated rings. The van der Waals surface area contributed by atoms with Crippen LogP contribution in [0.3, 0.4) is 0 Å². The Hall–Kier alpha value is -1.32. The van der Waals surface area contributed by atoms with Gasteiger partial charge in [-0.25, -0.2) is 0 Å². The number of furan rings is 1. The molecule has 92 valence electrons. The van der Waals surface area contributed by atoms with Crippen LogP contribution >= 0.6 is 0 Å². The van der Waals surface area contributed by atoms with Crippen LogP contribution in [0.2, 0.25) is 0 Å². The SMILES string of the molecule is CNC(C)C(C)(CO)c1ccc2ccoc2c1. The zero-order valence-electron chi connectivity index (χ0n) is 10.5. The van der Waals surface area contributed by atoms with E-state index in [4.69, 9.17) is 4.42 Å². The minimum atomic E-state index is -0.310. The van der Waals surface area contributed by atoms with Gasteiger partial charge in [-0.15, -0.1) is 0 Å². The van der Waals surface area contributed by atoms with E-state index in [9.17, 15) is 5.11 Å². The maximum Gasteiger partial charge on any atom is 0.134 e. The Labute approximate surface area is 101 Å². The highest BCUT2D eigenvalue weighted by Gasteiger charge is 2.32. The van der Waals surface area contributed by atoms with Crippen molar-refractivity contribution < 1.29 is 9.52 Å². The molecule has 2 rings (SSSR count). The van der Waals surface area contributed by atoms with Crippen LogP contribution in [0.25, 0.3) is 11.0 Å². The van der Waals surface area contributed by atoms with E-state index in [1.165, 1.54) is 0 Å². The van der Waals surface area contributed by atoms with Crippen LogP contribution in [0.15, 0.2) is 34.9 Å². The van der Waals surface area contributed by atoms with Gasteiger partial charge in [-0.2, -0.15) is 0 Å². The molecule has 1 heterocycles. The van der Waals surface area contributed by atoms with Gasteiger partial charge in [0.15, 0.2) is 0 Å². The molecule has 0 saturated heterocycles. The molecule has 0 saturated carbocycles. The Morgan fingerprint density at radius 2 is 2.18 bits per heavy atom. The van der Waals surface area contributed by atoms with E-state index in [1.807, 2.05) is 25.2 Å². The molecule has 0 aliphatic heterocycles. The smallest absolute Gasteiger partial charge is 0.134 e. The van der Waals surface area contributed by atoms with Crippen LogP contribution in [0.1, 0.15) is 19.4 Å². The van der Waals surface area contributed by atoms with Crippen molar-refractivity contribution in [2.45, 2.75) is 25.3 Å². The molecule has 2 atom stereocenters. The second kappa shape index (κ2) is 4.51. The predicted molar refractivity (Wildman–Crippen MR) is 69.2 cm³/mol. The summed E-state index contributed by atoms with van der Waals surface area (Å²) in [6.45, 7) is 4.22. The molecule has 2 unspecified atom stereocenters. The van der Waals surface area contributed by atoms with E-state index in [-0.39, 0.29) is 18.1 Å². The highest BCUT2D eigenvalue weighted by Crippen LogP contribution is 2.30. The number of hydrogen-bond acceptors (Lipinski definition) is 3. The summed E-state index contributed by atoms with van der Waals surface area (Å²) in [5.74, 6) is 0. The van der Waals surface area contributed by atoms with Crippen LogP contribution in [0.5, 0.6) is 0 Å². The molecule has 0 aliphatic rings. The molecule has 0 spiro atoms. The predicted octanol–water partition coefficient (Wildman–Crippen LogP) is 2.29. The fraction of sp³-hybridized carbons (Fsp3) is 0.429. The van der Waals surface area contributed by atoms with Crippen molar-refractivity contribution in [3.8, 4) is 0 Å². The first-order valence-electron chi connectivity index (χ1n) is 5.87. The lowest BCUT2D eigenvalue weighted by molar-refractivity contribution is 0.175. The standard InChI is InChI=1S/C14H19NO2/c1-10(15-3)14(2,9-16)12-5-4-11-6-7-17-13(11)8-12/h4-8,10,15-16H,9H2,1-3H3. The summed E-state index contributed by atoms with van der Waals surface area (Å²) < 4.78 is 5.41. The maximum atomic E-state index is 9.69. The van der Waals surface area contributed by atoms with Crippen molar-refractivity contribution in [1.82, 2.24) is 5.32 Å². The summed E-state index contributed by atoms with van der Waals surface area (Å²) in [7, 11) is 1.91. The summed E-state index contributed by atoms with van der Waals surface area (Å²) in [6, 6.07) is 8.22. The number of nitrogens with one attached hydrogen (secondary N) is 1. The largest absolute Gasteiger partial charge is 0.464 e. The number of fused-ring (bicyclic) bond motifs is 1.